The van der Waals surface area contributed by atoms with Gasteiger partial charge in [-0.3, -0.25) is 9.69 Å². The van der Waals surface area contributed by atoms with Gasteiger partial charge in [-0.05, 0) is 29.3 Å². The van der Waals surface area contributed by atoms with Gasteiger partial charge in [0.25, 0.3) is 5.91 Å². The third kappa shape index (κ3) is 4.53. The number of benzene rings is 1. The molecule has 0 bridgehead atoms. The first-order valence-electron chi connectivity index (χ1n) is 7.88. The lowest BCUT2D eigenvalue weighted by molar-refractivity contribution is -0.0342. The van der Waals surface area contributed by atoms with E-state index < -0.39 is 0 Å². The van der Waals surface area contributed by atoms with Crippen molar-refractivity contribution in [1.82, 2.24) is 20.5 Å². The number of nitrogens with zero attached hydrogens (tertiary/aromatic N) is 3. The second kappa shape index (κ2) is 7.89. The number of nitrogens with one attached hydrogen (secondary N) is 1. The van der Waals surface area contributed by atoms with Crippen LogP contribution in [0.15, 0.2) is 35.1 Å². The van der Waals surface area contributed by atoms with E-state index in [1.54, 1.807) is 12.1 Å². The summed E-state index contributed by atoms with van der Waals surface area (Å²) in [5.41, 5.74) is 1.24. The van der Waals surface area contributed by atoms with E-state index in [9.17, 15) is 9.90 Å². The van der Waals surface area contributed by atoms with E-state index in [-0.39, 0.29) is 23.5 Å². The maximum absolute atomic E-state index is 11.7. The van der Waals surface area contributed by atoms with E-state index in [0.717, 1.165) is 25.2 Å². The topological polar surface area (TPSA) is 101 Å². The summed E-state index contributed by atoms with van der Waals surface area (Å²) in [6.07, 6.45) is 2.06. The van der Waals surface area contributed by atoms with Crippen molar-refractivity contribution in [3.8, 4) is 5.75 Å². The molecule has 2 aromatic rings. The number of carbonyl (C=O) groups is 1. The van der Waals surface area contributed by atoms with E-state index >= 15 is 0 Å². The first-order chi connectivity index (χ1) is 11.7. The molecule has 0 radical (unpaired) electrons. The largest absolute Gasteiger partial charge is 0.508 e. The normalized spacial score (nSPS) is 18.4. The quantitative estimate of drug-likeness (QED) is 0.807. The van der Waals surface area contributed by atoms with Crippen molar-refractivity contribution in [3.63, 3.8) is 0 Å². The zero-order chi connectivity index (χ0) is 16.8. The van der Waals surface area contributed by atoms with E-state index in [2.05, 4.69) is 25.2 Å². The Bertz CT molecular complexity index is 662. The second-order valence-electron chi connectivity index (χ2n) is 5.74. The molecular weight excluding hydrogens is 312 g/mol. The molecule has 1 aliphatic heterocycles. The number of hydrogen-bond donors (Lipinski definition) is 2. The smallest absolute Gasteiger partial charge is 0.275 e. The maximum Gasteiger partial charge on any atom is 0.275 e. The van der Waals surface area contributed by atoms with Gasteiger partial charge in [0.05, 0.1) is 12.7 Å². The molecule has 24 heavy (non-hydrogen) atoms. The highest BCUT2D eigenvalue weighted by Crippen LogP contribution is 2.16. The number of rotatable bonds is 6. The zero-order valence-corrected chi connectivity index (χ0v) is 13.2. The molecule has 0 saturated carbocycles. The third-order valence-corrected chi connectivity index (χ3v) is 3.89. The molecule has 8 heteroatoms. The monoisotopic (exact) mass is 332 g/mol. The van der Waals surface area contributed by atoms with Crippen LogP contribution in [0.2, 0.25) is 0 Å². The van der Waals surface area contributed by atoms with Gasteiger partial charge in [-0.25, -0.2) is 4.63 Å². The van der Waals surface area contributed by atoms with Gasteiger partial charge in [0.1, 0.15) is 11.9 Å². The van der Waals surface area contributed by atoms with E-state index in [4.69, 9.17) is 4.74 Å². The summed E-state index contributed by atoms with van der Waals surface area (Å²) >= 11 is 0. The summed E-state index contributed by atoms with van der Waals surface area (Å²) in [5, 5.41) is 19.2. The second-order valence-corrected chi connectivity index (χ2v) is 5.74. The van der Waals surface area contributed by atoms with Crippen LogP contribution in [0.5, 0.6) is 5.75 Å². The lowest BCUT2D eigenvalue weighted by atomic mass is 10.1. The van der Waals surface area contributed by atoms with Gasteiger partial charge in [-0.2, -0.15) is 0 Å². The number of aromatic nitrogens is 2. The average molecular weight is 332 g/mol. The minimum absolute atomic E-state index is 0.0618. The molecule has 0 aliphatic carbocycles. The molecule has 3 rings (SSSR count). The number of carbonyl (C=O) groups excluding carboxylic acids is 1. The van der Waals surface area contributed by atoms with Crippen LogP contribution in [0.25, 0.3) is 0 Å². The number of amides is 1. The molecule has 0 spiro atoms. The molecule has 8 nitrogen and oxygen atoms in total. The predicted molar refractivity (Wildman–Crippen MR) is 84.4 cm³/mol. The Morgan fingerprint density at radius 3 is 3.17 bits per heavy atom. The Balaban J connectivity index is 1.43. The number of phenolic OH excluding ortho intramolecular Hbond substituents is 1. The minimum atomic E-state index is -0.302. The Labute approximate surface area is 139 Å². The minimum Gasteiger partial charge on any atom is -0.508 e. The molecular formula is C16H20N4O4. The molecule has 1 aromatic heterocycles. The average Bonchev–Trinajstić information content (AvgIpc) is 3.10. The number of hydrogen-bond acceptors (Lipinski definition) is 7. The van der Waals surface area contributed by atoms with Crippen LogP contribution >= 0.6 is 0 Å². The van der Waals surface area contributed by atoms with Crippen LogP contribution in [0.4, 0.5) is 0 Å². The van der Waals surface area contributed by atoms with E-state index in [1.807, 2.05) is 12.1 Å². The van der Waals surface area contributed by atoms with Gasteiger partial charge >= 0.3 is 0 Å². The Morgan fingerprint density at radius 1 is 1.46 bits per heavy atom. The van der Waals surface area contributed by atoms with Gasteiger partial charge in [-0.1, -0.05) is 17.3 Å². The summed E-state index contributed by atoms with van der Waals surface area (Å²) in [5.74, 6) is -0.0222. The van der Waals surface area contributed by atoms with Crippen LogP contribution < -0.4 is 5.32 Å². The van der Waals surface area contributed by atoms with Crippen LogP contribution in [0.1, 0.15) is 22.5 Å². The van der Waals surface area contributed by atoms with Crippen molar-refractivity contribution < 1.29 is 19.3 Å². The van der Waals surface area contributed by atoms with Crippen molar-refractivity contribution in [3.05, 3.63) is 41.7 Å². The molecule has 2 N–H and O–H groups in total. The van der Waals surface area contributed by atoms with Crippen molar-refractivity contribution >= 4 is 5.91 Å². The van der Waals surface area contributed by atoms with E-state index in [1.165, 1.54) is 6.20 Å². The number of morpholine rings is 1. The Morgan fingerprint density at radius 2 is 2.38 bits per heavy atom. The van der Waals surface area contributed by atoms with Gasteiger partial charge in [0, 0.05) is 26.2 Å². The molecule has 1 atom stereocenters. The number of ether oxygens (including phenoxy) is 1. The molecule has 0 unspecified atom stereocenters. The fourth-order valence-electron chi connectivity index (χ4n) is 2.71. The van der Waals surface area contributed by atoms with E-state index in [0.29, 0.717) is 19.6 Å². The lowest BCUT2D eigenvalue weighted by Crippen LogP contribution is -2.43. The molecule has 1 amide bonds. The van der Waals surface area contributed by atoms with Crippen LogP contribution in [0, 0.1) is 0 Å². The molecule has 128 valence electrons. The molecule has 1 aliphatic rings. The van der Waals surface area contributed by atoms with Crippen molar-refractivity contribution in [2.24, 2.45) is 0 Å². The lowest BCUT2D eigenvalue weighted by Gasteiger charge is -2.33. The third-order valence-electron chi connectivity index (χ3n) is 3.89. The molecule has 1 saturated heterocycles. The number of aromatic hydroxyl groups is 1. The van der Waals surface area contributed by atoms with Crippen LogP contribution in [0.3, 0.4) is 0 Å². The highest BCUT2D eigenvalue weighted by atomic mass is 16.6. The maximum atomic E-state index is 11.7. The zero-order valence-electron chi connectivity index (χ0n) is 13.2. The summed E-state index contributed by atoms with van der Waals surface area (Å²) in [6, 6.07) is 7.28. The highest BCUT2D eigenvalue weighted by molar-refractivity contribution is 5.91. The van der Waals surface area contributed by atoms with Crippen LogP contribution in [-0.2, 0) is 11.3 Å². The van der Waals surface area contributed by atoms with Gasteiger partial charge in [-0.15, -0.1) is 0 Å². The number of phenols is 1. The standard InChI is InChI=1S/C16H20N4O4/c21-13-3-1-2-12(8-13)10-20-6-7-23-14(11-20)4-5-17-16(22)15-9-18-24-19-15/h1-3,8-9,14,21H,4-7,10-11H2,(H,17,22)/t14-/m0/s1. The summed E-state index contributed by atoms with van der Waals surface area (Å²) in [7, 11) is 0. The first-order valence-corrected chi connectivity index (χ1v) is 7.88. The van der Waals surface area contributed by atoms with Crippen molar-refractivity contribution in [1.29, 1.82) is 0 Å². The Hall–Kier alpha value is -2.45. The molecule has 1 fully saturated rings. The fourth-order valence-corrected chi connectivity index (χ4v) is 2.71. The van der Waals surface area contributed by atoms with Crippen LogP contribution in [-0.4, -0.2) is 58.6 Å². The Kier molecular flexibility index (Phi) is 5.39. The van der Waals surface area contributed by atoms with Crippen molar-refractivity contribution in [2.75, 3.05) is 26.2 Å². The first kappa shape index (κ1) is 16.4. The van der Waals surface area contributed by atoms with Crippen molar-refractivity contribution in [2.45, 2.75) is 19.1 Å². The predicted octanol–water partition coefficient (Wildman–Crippen LogP) is 0.796. The fraction of sp³-hybridized carbons (Fsp3) is 0.438. The molecule has 1 aromatic carbocycles. The highest BCUT2D eigenvalue weighted by Gasteiger charge is 2.21. The molecule has 2 heterocycles. The van der Waals surface area contributed by atoms with Gasteiger partial charge in [0.2, 0.25) is 0 Å². The summed E-state index contributed by atoms with van der Waals surface area (Å²) < 4.78 is 10.2. The summed E-state index contributed by atoms with van der Waals surface area (Å²) in [6.45, 7) is 3.56. The van der Waals surface area contributed by atoms with Gasteiger partial charge in [0.15, 0.2) is 5.69 Å². The summed E-state index contributed by atoms with van der Waals surface area (Å²) in [4.78, 5) is 14.0. The van der Waals surface area contributed by atoms with Gasteiger partial charge < -0.3 is 15.2 Å². The SMILES string of the molecule is O=C(NCC[C@H]1CN(Cc2cccc(O)c2)CCO1)c1cnon1.